The van der Waals surface area contributed by atoms with Crippen LogP contribution in [0.4, 0.5) is 0 Å². The number of nitrogens with zero attached hydrogens (tertiary/aromatic N) is 1. The van der Waals surface area contributed by atoms with Gasteiger partial charge in [0.2, 0.25) is 11.8 Å². The summed E-state index contributed by atoms with van der Waals surface area (Å²) in [5.41, 5.74) is 2.83. The average Bonchev–Trinajstić information content (AvgIpc) is 2.75. The maximum atomic E-state index is 13.3. The number of hydrogen-bond donors (Lipinski definition) is 1. The molecule has 6 heteroatoms. The predicted molar refractivity (Wildman–Crippen MR) is 126 cm³/mol. The second-order valence-corrected chi connectivity index (χ2v) is 9.28. The predicted octanol–water partition coefficient (Wildman–Crippen LogP) is 5.71. The molecule has 0 radical (unpaired) electrons. The van der Waals surface area contributed by atoms with Gasteiger partial charge in [0.15, 0.2) is 0 Å². The summed E-state index contributed by atoms with van der Waals surface area (Å²) >= 11 is 12.3. The van der Waals surface area contributed by atoms with Crippen LogP contribution in [-0.4, -0.2) is 28.8 Å². The van der Waals surface area contributed by atoms with Crippen molar-refractivity contribution < 1.29 is 9.59 Å². The van der Waals surface area contributed by atoms with Crippen LogP contribution in [0, 0.1) is 6.92 Å². The van der Waals surface area contributed by atoms with E-state index in [4.69, 9.17) is 23.2 Å². The maximum Gasteiger partial charge on any atom is 0.242 e. The molecule has 1 unspecified atom stereocenters. The Morgan fingerprint density at radius 3 is 2.39 bits per heavy atom. The molecule has 1 atom stereocenters. The van der Waals surface area contributed by atoms with Crippen molar-refractivity contribution in [3.05, 3.63) is 69.2 Å². The van der Waals surface area contributed by atoms with Gasteiger partial charge < -0.3 is 10.2 Å². The number of hydrogen-bond acceptors (Lipinski definition) is 2. The molecule has 4 nitrogen and oxygen atoms in total. The van der Waals surface area contributed by atoms with Crippen molar-refractivity contribution in [3.63, 3.8) is 0 Å². The Kier molecular flexibility index (Phi) is 8.39. The fourth-order valence-electron chi connectivity index (χ4n) is 3.97. The first kappa shape index (κ1) is 23.6. The number of amides is 2. The van der Waals surface area contributed by atoms with E-state index in [2.05, 4.69) is 5.32 Å². The molecule has 0 aromatic heterocycles. The van der Waals surface area contributed by atoms with Crippen LogP contribution in [0.5, 0.6) is 0 Å². The van der Waals surface area contributed by atoms with E-state index in [0.29, 0.717) is 22.2 Å². The van der Waals surface area contributed by atoms with E-state index in [1.165, 1.54) is 6.42 Å². The summed E-state index contributed by atoms with van der Waals surface area (Å²) in [6, 6.07) is 12.8. The first-order valence-corrected chi connectivity index (χ1v) is 11.7. The van der Waals surface area contributed by atoms with Crippen LogP contribution < -0.4 is 5.32 Å². The molecule has 31 heavy (non-hydrogen) atoms. The molecule has 2 aromatic carbocycles. The summed E-state index contributed by atoms with van der Waals surface area (Å²) in [5.74, 6) is -0.245. The number of rotatable bonds is 7. The highest BCUT2D eigenvalue weighted by Crippen LogP contribution is 2.23. The Hall–Kier alpha value is -2.04. The molecule has 1 N–H and O–H groups in total. The van der Waals surface area contributed by atoms with Crippen LogP contribution in [0.25, 0.3) is 0 Å². The molecule has 2 aromatic rings. The molecule has 1 fully saturated rings. The molecule has 0 saturated heterocycles. The lowest BCUT2D eigenvalue weighted by Gasteiger charge is -2.31. The number of aryl methyl sites for hydroxylation is 1. The van der Waals surface area contributed by atoms with Gasteiger partial charge in [0.1, 0.15) is 6.04 Å². The van der Waals surface area contributed by atoms with E-state index in [0.717, 1.165) is 36.8 Å². The second kappa shape index (κ2) is 11.0. The molecule has 3 rings (SSSR count). The van der Waals surface area contributed by atoms with E-state index >= 15 is 0 Å². The third kappa shape index (κ3) is 6.72. The maximum absolute atomic E-state index is 13.3. The summed E-state index contributed by atoms with van der Waals surface area (Å²) in [6.07, 6.45) is 5.63. The van der Waals surface area contributed by atoms with Gasteiger partial charge in [0, 0.05) is 22.6 Å². The molecule has 0 spiro atoms. The van der Waals surface area contributed by atoms with Crippen LogP contribution in [0.1, 0.15) is 55.7 Å². The number of carbonyl (C=O) groups excluding carboxylic acids is 2. The molecular formula is C25H30Cl2N2O2. The van der Waals surface area contributed by atoms with Crippen molar-refractivity contribution in [1.29, 1.82) is 0 Å². The Morgan fingerprint density at radius 1 is 1.06 bits per heavy atom. The first-order valence-electron chi connectivity index (χ1n) is 10.9. The topological polar surface area (TPSA) is 49.4 Å². The molecule has 1 aliphatic rings. The van der Waals surface area contributed by atoms with Crippen molar-refractivity contribution in [2.75, 3.05) is 0 Å². The molecule has 1 saturated carbocycles. The van der Waals surface area contributed by atoms with Gasteiger partial charge in [0.05, 0.1) is 6.42 Å². The monoisotopic (exact) mass is 460 g/mol. The van der Waals surface area contributed by atoms with Crippen LogP contribution in [-0.2, 0) is 22.6 Å². The van der Waals surface area contributed by atoms with Crippen LogP contribution in [0.3, 0.4) is 0 Å². The number of halogens is 2. The molecule has 166 valence electrons. The summed E-state index contributed by atoms with van der Waals surface area (Å²) in [5, 5.41) is 4.14. The highest BCUT2D eigenvalue weighted by atomic mass is 35.5. The van der Waals surface area contributed by atoms with Crippen molar-refractivity contribution in [3.8, 4) is 0 Å². The molecule has 2 amide bonds. The summed E-state index contributed by atoms with van der Waals surface area (Å²) in [4.78, 5) is 28.0. The zero-order valence-corrected chi connectivity index (χ0v) is 19.7. The van der Waals surface area contributed by atoms with Crippen molar-refractivity contribution in [2.45, 2.75) is 71.0 Å². The smallest absolute Gasteiger partial charge is 0.242 e. The van der Waals surface area contributed by atoms with Crippen molar-refractivity contribution in [2.24, 2.45) is 0 Å². The van der Waals surface area contributed by atoms with Crippen molar-refractivity contribution >= 4 is 35.0 Å². The van der Waals surface area contributed by atoms with Crippen LogP contribution in [0.2, 0.25) is 10.0 Å². The number of nitrogens with one attached hydrogen (secondary N) is 1. The minimum absolute atomic E-state index is 0.102. The normalized spacial score (nSPS) is 15.4. The van der Waals surface area contributed by atoms with E-state index in [1.54, 1.807) is 30.0 Å². The Labute approximate surface area is 194 Å². The van der Waals surface area contributed by atoms with E-state index in [-0.39, 0.29) is 24.3 Å². The first-order chi connectivity index (χ1) is 14.8. The lowest BCUT2D eigenvalue weighted by atomic mass is 9.95. The van der Waals surface area contributed by atoms with Gasteiger partial charge >= 0.3 is 0 Å². The third-order valence-corrected chi connectivity index (χ3v) is 6.54. The molecule has 0 heterocycles. The zero-order chi connectivity index (χ0) is 22.4. The third-order valence-electron chi connectivity index (χ3n) is 5.95. The molecule has 1 aliphatic carbocycles. The summed E-state index contributed by atoms with van der Waals surface area (Å²) in [6.45, 7) is 4.19. The SMILES string of the molecule is Cc1ccc(CN(C(=O)Cc2ccc(Cl)cc2Cl)C(C)C(=O)NC2CCCCC2)cc1. The minimum Gasteiger partial charge on any atom is -0.352 e. The van der Waals surface area contributed by atoms with Gasteiger partial charge in [-0.2, -0.15) is 0 Å². The molecule has 0 bridgehead atoms. The van der Waals surface area contributed by atoms with E-state index < -0.39 is 6.04 Å². The molecular weight excluding hydrogens is 431 g/mol. The summed E-state index contributed by atoms with van der Waals surface area (Å²) < 4.78 is 0. The highest BCUT2D eigenvalue weighted by Gasteiger charge is 2.28. The van der Waals surface area contributed by atoms with Gasteiger partial charge in [-0.05, 0) is 49.9 Å². The highest BCUT2D eigenvalue weighted by molar-refractivity contribution is 6.35. The second-order valence-electron chi connectivity index (χ2n) is 8.44. The Morgan fingerprint density at radius 2 is 1.74 bits per heavy atom. The van der Waals surface area contributed by atoms with Gasteiger partial charge in [0.25, 0.3) is 0 Å². The fourth-order valence-corrected chi connectivity index (χ4v) is 4.45. The van der Waals surface area contributed by atoms with E-state index in [9.17, 15) is 9.59 Å². The van der Waals surface area contributed by atoms with Crippen LogP contribution >= 0.6 is 23.2 Å². The van der Waals surface area contributed by atoms with Gasteiger partial charge in [-0.1, -0.05) is 78.4 Å². The quantitative estimate of drug-likeness (QED) is 0.574. The number of carbonyl (C=O) groups is 2. The summed E-state index contributed by atoms with van der Waals surface area (Å²) in [7, 11) is 0. The van der Waals surface area contributed by atoms with Gasteiger partial charge in [-0.3, -0.25) is 9.59 Å². The fraction of sp³-hybridized carbons (Fsp3) is 0.440. The Bertz CT molecular complexity index is 908. The van der Waals surface area contributed by atoms with Gasteiger partial charge in [-0.25, -0.2) is 0 Å². The lowest BCUT2D eigenvalue weighted by molar-refractivity contribution is -0.140. The largest absolute Gasteiger partial charge is 0.352 e. The van der Waals surface area contributed by atoms with E-state index in [1.807, 2.05) is 31.2 Å². The zero-order valence-electron chi connectivity index (χ0n) is 18.2. The Balaban J connectivity index is 1.77. The number of benzene rings is 2. The standard InChI is InChI=1S/C25H30Cl2N2O2/c1-17-8-10-19(11-9-17)16-29(18(2)25(31)28-22-6-4-3-5-7-22)24(30)14-20-12-13-21(26)15-23(20)27/h8-13,15,18,22H,3-7,14,16H2,1-2H3,(H,28,31). The minimum atomic E-state index is -0.582. The van der Waals surface area contributed by atoms with Crippen LogP contribution in [0.15, 0.2) is 42.5 Å². The molecule has 0 aliphatic heterocycles. The average molecular weight is 461 g/mol. The van der Waals surface area contributed by atoms with Gasteiger partial charge in [-0.15, -0.1) is 0 Å². The van der Waals surface area contributed by atoms with Crippen molar-refractivity contribution in [1.82, 2.24) is 10.2 Å². The lowest BCUT2D eigenvalue weighted by Crippen LogP contribution is -2.50.